The Bertz CT molecular complexity index is 1160. The average Bonchev–Trinajstić information content (AvgIpc) is 3.25. The molecule has 2 heterocycles. The highest BCUT2D eigenvalue weighted by atomic mass is 32.1. The van der Waals surface area contributed by atoms with Crippen molar-refractivity contribution in [2.45, 2.75) is 13.5 Å². The summed E-state index contributed by atoms with van der Waals surface area (Å²) in [5, 5.41) is 5.60. The molecule has 0 aliphatic heterocycles. The van der Waals surface area contributed by atoms with E-state index in [0.717, 1.165) is 26.4 Å². The van der Waals surface area contributed by atoms with Crippen molar-refractivity contribution in [2.75, 3.05) is 0 Å². The monoisotopic (exact) mass is 400 g/mol. The first-order valence-corrected chi connectivity index (χ1v) is 9.11. The van der Waals surface area contributed by atoms with Crippen LogP contribution >= 0.6 is 11.3 Å². The summed E-state index contributed by atoms with van der Waals surface area (Å²) in [4.78, 5) is 16.7. The number of thiazole rings is 1. The highest BCUT2D eigenvalue weighted by Crippen LogP contribution is 2.27. The van der Waals surface area contributed by atoms with E-state index in [2.05, 4.69) is 10.1 Å². The molecule has 4 rings (SSSR count). The second kappa shape index (κ2) is 7.35. The molecule has 0 atom stereocenters. The number of hydrogen-bond donors (Lipinski definition) is 0. The second-order valence-electron chi connectivity index (χ2n) is 5.95. The van der Waals surface area contributed by atoms with Crippen LogP contribution in [0, 0.1) is 18.6 Å². The van der Waals surface area contributed by atoms with Crippen LogP contribution < -0.4 is 10.4 Å². The van der Waals surface area contributed by atoms with Crippen molar-refractivity contribution in [2.24, 2.45) is 0 Å². The lowest BCUT2D eigenvalue weighted by Crippen LogP contribution is -2.24. The van der Waals surface area contributed by atoms with E-state index in [1.54, 1.807) is 30.5 Å². The first-order chi connectivity index (χ1) is 13.5. The number of aromatic nitrogens is 4. The Kier molecular flexibility index (Phi) is 4.74. The van der Waals surface area contributed by atoms with Crippen LogP contribution in [0.25, 0.3) is 5.69 Å². The molecular weight excluding hydrogens is 386 g/mol. The van der Waals surface area contributed by atoms with E-state index in [9.17, 15) is 13.6 Å². The van der Waals surface area contributed by atoms with Gasteiger partial charge in [-0.15, -0.1) is 0 Å². The molecule has 0 fully saturated rings. The van der Waals surface area contributed by atoms with Crippen molar-refractivity contribution < 1.29 is 13.5 Å². The van der Waals surface area contributed by atoms with Gasteiger partial charge in [-0.2, -0.15) is 9.78 Å². The maximum atomic E-state index is 13.8. The molecule has 0 amide bonds. The third kappa shape index (κ3) is 3.56. The molecular formula is C19H14F2N4O2S. The third-order valence-corrected chi connectivity index (χ3v) is 4.81. The van der Waals surface area contributed by atoms with Crippen LogP contribution in [0.2, 0.25) is 0 Å². The van der Waals surface area contributed by atoms with Crippen LogP contribution in [-0.2, 0) is 6.54 Å². The van der Waals surface area contributed by atoms with Gasteiger partial charge in [0.25, 0.3) is 0 Å². The predicted molar refractivity (Wildman–Crippen MR) is 100 cm³/mol. The lowest BCUT2D eigenvalue weighted by Gasteiger charge is -2.05. The van der Waals surface area contributed by atoms with E-state index >= 15 is 0 Å². The molecule has 2 aromatic carbocycles. The zero-order chi connectivity index (χ0) is 19.7. The summed E-state index contributed by atoms with van der Waals surface area (Å²) in [7, 11) is 0. The van der Waals surface area contributed by atoms with Crippen molar-refractivity contribution in [3.05, 3.63) is 87.7 Å². The average molecular weight is 400 g/mol. The van der Waals surface area contributed by atoms with E-state index in [0.29, 0.717) is 16.5 Å². The number of nitrogens with zero attached hydrogens (tertiary/aromatic N) is 4. The zero-order valence-corrected chi connectivity index (χ0v) is 15.5. The van der Waals surface area contributed by atoms with Crippen LogP contribution in [0.4, 0.5) is 8.78 Å². The van der Waals surface area contributed by atoms with Crippen molar-refractivity contribution in [1.29, 1.82) is 0 Å². The van der Waals surface area contributed by atoms with Crippen molar-refractivity contribution in [1.82, 2.24) is 19.3 Å². The molecule has 0 saturated heterocycles. The number of ether oxygens (including phenoxy) is 1. The van der Waals surface area contributed by atoms with Gasteiger partial charge in [0.2, 0.25) is 5.06 Å². The van der Waals surface area contributed by atoms with Crippen LogP contribution in [-0.4, -0.2) is 19.3 Å². The molecule has 0 aliphatic carbocycles. The van der Waals surface area contributed by atoms with Gasteiger partial charge in [-0.1, -0.05) is 17.4 Å². The van der Waals surface area contributed by atoms with Crippen molar-refractivity contribution in [3.8, 4) is 16.5 Å². The molecule has 9 heteroatoms. The van der Waals surface area contributed by atoms with Gasteiger partial charge in [0.1, 0.15) is 23.7 Å². The highest BCUT2D eigenvalue weighted by Gasteiger charge is 2.13. The summed E-state index contributed by atoms with van der Waals surface area (Å²) in [6.45, 7) is 1.64. The molecule has 2 aromatic heterocycles. The third-order valence-electron chi connectivity index (χ3n) is 4.02. The summed E-state index contributed by atoms with van der Waals surface area (Å²) in [6, 6.07) is 10.3. The highest BCUT2D eigenvalue weighted by molar-refractivity contribution is 7.13. The van der Waals surface area contributed by atoms with E-state index in [4.69, 9.17) is 4.74 Å². The van der Waals surface area contributed by atoms with Gasteiger partial charge < -0.3 is 4.74 Å². The molecule has 0 bridgehead atoms. The smallest absolute Gasteiger partial charge is 0.350 e. The summed E-state index contributed by atoms with van der Waals surface area (Å²) in [5.41, 5.74) is -0.187. The number of benzene rings is 2. The quantitative estimate of drug-likeness (QED) is 0.510. The maximum Gasteiger partial charge on any atom is 0.350 e. The lowest BCUT2D eigenvalue weighted by molar-refractivity contribution is 0.495. The number of rotatable bonds is 5. The molecule has 0 N–H and O–H groups in total. The molecule has 0 radical (unpaired) electrons. The fourth-order valence-corrected chi connectivity index (χ4v) is 3.27. The summed E-state index contributed by atoms with van der Waals surface area (Å²) < 4.78 is 35.6. The van der Waals surface area contributed by atoms with E-state index in [-0.39, 0.29) is 12.1 Å². The summed E-state index contributed by atoms with van der Waals surface area (Å²) >= 11 is 1.43. The Hall–Kier alpha value is -3.33. The topological polar surface area (TPSA) is 61.9 Å². The SMILES string of the molecule is Cc1ncc(Oc2ccc(-n3ncn(Cc4c(F)cccc4F)c3=O)cc2)s1. The fourth-order valence-electron chi connectivity index (χ4n) is 2.63. The normalized spacial score (nSPS) is 11.0. The second-order valence-corrected chi connectivity index (χ2v) is 7.15. The van der Waals surface area contributed by atoms with Gasteiger partial charge in [0, 0.05) is 5.56 Å². The minimum absolute atomic E-state index is 0.187. The number of halogens is 2. The standard InChI is InChI=1S/C19H14F2N4O2S/c1-12-22-9-18(28-12)27-14-7-5-13(6-8-14)25-19(26)24(11-23-25)10-15-16(20)3-2-4-17(15)21/h2-9,11H,10H2,1H3. The Morgan fingerprint density at radius 3 is 2.46 bits per heavy atom. The Morgan fingerprint density at radius 2 is 1.82 bits per heavy atom. The van der Waals surface area contributed by atoms with Crippen LogP contribution in [0.3, 0.4) is 0 Å². The minimum atomic E-state index is -0.709. The molecule has 0 saturated carbocycles. The predicted octanol–water partition coefficient (Wildman–Crippen LogP) is 3.92. The van der Waals surface area contributed by atoms with Crippen LogP contribution in [0.1, 0.15) is 10.6 Å². The van der Waals surface area contributed by atoms with Crippen LogP contribution in [0.15, 0.2) is 59.8 Å². The Labute approximate surface area is 162 Å². The molecule has 0 unspecified atom stereocenters. The van der Waals surface area contributed by atoms with E-state index in [1.165, 1.54) is 23.7 Å². The lowest BCUT2D eigenvalue weighted by atomic mass is 10.2. The maximum absolute atomic E-state index is 13.8. The molecule has 0 spiro atoms. The number of hydrogen-bond acceptors (Lipinski definition) is 5. The summed E-state index contributed by atoms with van der Waals surface area (Å²) in [5.74, 6) is -0.827. The molecule has 28 heavy (non-hydrogen) atoms. The van der Waals surface area contributed by atoms with Crippen LogP contribution in [0.5, 0.6) is 10.8 Å². The molecule has 142 valence electrons. The van der Waals surface area contributed by atoms with Crippen molar-refractivity contribution >= 4 is 11.3 Å². The van der Waals surface area contributed by atoms with E-state index < -0.39 is 17.3 Å². The molecule has 0 aliphatic rings. The van der Waals surface area contributed by atoms with Gasteiger partial charge in [-0.25, -0.2) is 18.6 Å². The zero-order valence-electron chi connectivity index (χ0n) is 14.7. The number of aryl methyl sites for hydroxylation is 1. The fraction of sp³-hybridized carbons (Fsp3) is 0.105. The minimum Gasteiger partial charge on any atom is -0.445 e. The summed E-state index contributed by atoms with van der Waals surface area (Å²) in [6.07, 6.45) is 2.89. The first kappa shape index (κ1) is 18.1. The molecule has 4 aromatic rings. The van der Waals surface area contributed by atoms with Gasteiger partial charge >= 0.3 is 5.69 Å². The van der Waals surface area contributed by atoms with Gasteiger partial charge in [-0.3, -0.25) is 4.57 Å². The van der Waals surface area contributed by atoms with E-state index in [1.807, 2.05) is 6.92 Å². The molecule has 6 nitrogen and oxygen atoms in total. The van der Waals surface area contributed by atoms with Gasteiger partial charge in [0.15, 0.2) is 0 Å². The first-order valence-electron chi connectivity index (χ1n) is 8.29. The Morgan fingerprint density at radius 1 is 1.11 bits per heavy atom. The largest absolute Gasteiger partial charge is 0.445 e. The Balaban J connectivity index is 1.56. The van der Waals surface area contributed by atoms with Crippen molar-refractivity contribution in [3.63, 3.8) is 0 Å². The van der Waals surface area contributed by atoms with Gasteiger partial charge in [-0.05, 0) is 43.3 Å². The van der Waals surface area contributed by atoms with Gasteiger partial charge in [0.05, 0.1) is 23.4 Å².